The Morgan fingerprint density at radius 3 is 2.82 bits per heavy atom. The molecule has 0 bridgehead atoms. The predicted molar refractivity (Wildman–Crippen MR) is 121 cm³/mol. The molecule has 0 spiro atoms. The summed E-state index contributed by atoms with van der Waals surface area (Å²) in [5, 5.41) is 9.35. The molecular weight excluding hydrogens is 444 g/mol. The molecular formula is C24H27ClN4O4. The minimum absolute atomic E-state index is 0.0715. The van der Waals surface area contributed by atoms with Crippen molar-refractivity contribution in [1.82, 2.24) is 14.9 Å². The third-order valence-corrected chi connectivity index (χ3v) is 6.55. The molecule has 2 aromatic rings. The van der Waals surface area contributed by atoms with Crippen molar-refractivity contribution >= 4 is 17.7 Å². The molecule has 2 unspecified atom stereocenters. The van der Waals surface area contributed by atoms with Gasteiger partial charge in [0.2, 0.25) is 11.8 Å². The molecule has 33 heavy (non-hydrogen) atoms. The summed E-state index contributed by atoms with van der Waals surface area (Å²) >= 11 is 6.25. The third-order valence-electron chi connectivity index (χ3n) is 6.26. The van der Waals surface area contributed by atoms with Gasteiger partial charge >= 0.3 is 6.09 Å². The summed E-state index contributed by atoms with van der Waals surface area (Å²) in [6.45, 7) is 7.60. The minimum Gasteiger partial charge on any atom is -0.477 e. The highest BCUT2D eigenvalue weighted by Crippen LogP contribution is 2.58. The molecule has 2 atom stereocenters. The fourth-order valence-electron chi connectivity index (χ4n) is 4.27. The number of piperidine rings is 1. The number of ether oxygens (including phenoxy) is 3. The number of likely N-dealkylation sites (tertiary alicyclic amines) is 1. The van der Waals surface area contributed by atoms with Gasteiger partial charge in [-0.1, -0.05) is 18.5 Å². The van der Waals surface area contributed by atoms with Gasteiger partial charge in [-0.2, -0.15) is 5.26 Å². The SMILES string of the molecule is CCc1c(OCC23CCN(C(=O)OC(C)C)CC2C3)ncnc1Oc1ccc(C#N)cc1Cl. The summed E-state index contributed by atoms with van der Waals surface area (Å²) < 4.78 is 17.4. The van der Waals surface area contributed by atoms with E-state index in [-0.39, 0.29) is 17.6 Å². The summed E-state index contributed by atoms with van der Waals surface area (Å²) in [6.07, 6.45) is 3.57. The molecule has 2 fully saturated rings. The normalized spacial score (nSPS) is 21.2. The zero-order chi connectivity index (χ0) is 23.6. The number of aromatic nitrogens is 2. The maximum absolute atomic E-state index is 12.2. The number of hydrogen-bond acceptors (Lipinski definition) is 7. The maximum atomic E-state index is 12.2. The predicted octanol–water partition coefficient (Wildman–Crippen LogP) is 4.99. The molecule has 0 N–H and O–H groups in total. The fraction of sp³-hybridized carbons (Fsp3) is 0.500. The second-order valence-electron chi connectivity index (χ2n) is 8.86. The van der Waals surface area contributed by atoms with Crippen LogP contribution in [0.25, 0.3) is 0 Å². The number of carbonyl (C=O) groups excluding carboxylic acids is 1. The number of benzene rings is 1. The van der Waals surface area contributed by atoms with Gasteiger partial charge in [0.25, 0.3) is 0 Å². The van der Waals surface area contributed by atoms with Crippen LogP contribution in [0.15, 0.2) is 24.5 Å². The highest BCUT2D eigenvalue weighted by atomic mass is 35.5. The van der Waals surface area contributed by atoms with Crippen LogP contribution in [0.1, 0.15) is 44.7 Å². The third kappa shape index (κ3) is 4.98. The first kappa shape index (κ1) is 23.1. The monoisotopic (exact) mass is 470 g/mol. The summed E-state index contributed by atoms with van der Waals surface area (Å²) in [7, 11) is 0. The van der Waals surface area contributed by atoms with Crippen LogP contribution in [0.3, 0.4) is 0 Å². The van der Waals surface area contributed by atoms with Gasteiger partial charge in [-0.3, -0.25) is 0 Å². The second-order valence-corrected chi connectivity index (χ2v) is 9.26. The molecule has 1 amide bonds. The lowest BCUT2D eigenvalue weighted by Crippen LogP contribution is -2.41. The van der Waals surface area contributed by atoms with E-state index in [1.807, 2.05) is 26.8 Å². The van der Waals surface area contributed by atoms with Crippen molar-refractivity contribution in [3.8, 4) is 23.6 Å². The average Bonchev–Trinajstić information content (AvgIpc) is 3.52. The molecule has 174 valence electrons. The van der Waals surface area contributed by atoms with Crippen LogP contribution in [-0.2, 0) is 11.2 Å². The van der Waals surface area contributed by atoms with Crippen LogP contribution in [0.2, 0.25) is 5.02 Å². The number of nitrogens with zero attached hydrogens (tertiary/aromatic N) is 4. The van der Waals surface area contributed by atoms with E-state index < -0.39 is 0 Å². The molecule has 9 heteroatoms. The van der Waals surface area contributed by atoms with E-state index in [9.17, 15) is 4.79 Å². The number of hydrogen-bond donors (Lipinski definition) is 0. The summed E-state index contributed by atoms with van der Waals surface area (Å²) in [4.78, 5) is 22.6. The van der Waals surface area contributed by atoms with E-state index in [0.717, 1.165) is 18.4 Å². The van der Waals surface area contributed by atoms with E-state index in [0.29, 0.717) is 60.1 Å². The first-order valence-corrected chi connectivity index (χ1v) is 11.5. The number of halogens is 1. The first-order valence-electron chi connectivity index (χ1n) is 11.1. The standard InChI is InChI=1S/C24H27ClN4O4/c1-4-18-21(27-14-28-22(18)33-20-6-5-16(11-26)9-19(20)25)31-13-24-7-8-29(12-17(24)10-24)23(30)32-15(2)3/h5-6,9,14-15,17H,4,7-8,10,12-13H2,1-3H3. The van der Waals surface area contributed by atoms with Crippen LogP contribution in [0, 0.1) is 22.7 Å². The number of fused-ring (bicyclic) bond motifs is 1. The lowest BCUT2D eigenvalue weighted by atomic mass is 9.96. The van der Waals surface area contributed by atoms with Gasteiger partial charge < -0.3 is 19.1 Å². The molecule has 1 aromatic carbocycles. The van der Waals surface area contributed by atoms with Crippen LogP contribution in [-0.4, -0.2) is 46.8 Å². The van der Waals surface area contributed by atoms with Crippen LogP contribution in [0.5, 0.6) is 17.5 Å². The Kier molecular flexibility index (Phi) is 6.61. The summed E-state index contributed by atoms with van der Waals surface area (Å²) in [5.41, 5.74) is 1.28. The van der Waals surface area contributed by atoms with Crippen molar-refractivity contribution in [2.75, 3.05) is 19.7 Å². The Balaban J connectivity index is 1.41. The molecule has 1 aliphatic heterocycles. The van der Waals surface area contributed by atoms with Crippen molar-refractivity contribution in [3.63, 3.8) is 0 Å². The maximum Gasteiger partial charge on any atom is 0.410 e. The fourth-order valence-corrected chi connectivity index (χ4v) is 4.49. The van der Waals surface area contributed by atoms with Crippen LogP contribution < -0.4 is 9.47 Å². The Morgan fingerprint density at radius 2 is 2.15 bits per heavy atom. The lowest BCUT2D eigenvalue weighted by molar-refractivity contribution is 0.0586. The number of amides is 1. The molecule has 8 nitrogen and oxygen atoms in total. The van der Waals surface area contributed by atoms with Gasteiger partial charge in [0.1, 0.15) is 12.1 Å². The van der Waals surface area contributed by atoms with Crippen molar-refractivity contribution in [2.24, 2.45) is 11.3 Å². The van der Waals surface area contributed by atoms with Gasteiger partial charge in [-0.05, 0) is 57.2 Å². The Morgan fingerprint density at radius 1 is 1.36 bits per heavy atom. The number of carbonyl (C=O) groups is 1. The van der Waals surface area contributed by atoms with Gasteiger partial charge in [-0.15, -0.1) is 0 Å². The van der Waals surface area contributed by atoms with Crippen LogP contribution in [0.4, 0.5) is 4.79 Å². The molecule has 1 saturated heterocycles. The molecule has 2 aliphatic rings. The van der Waals surface area contributed by atoms with Crippen molar-refractivity contribution in [1.29, 1.82) is 5.26 Å². The van der Waals surface area contributed by atoms with E-state index in [2.05, 4.69) is 9.97 Å². The van der Waals surface area contributed by atoms with Gasteiger partial charge in [-0.25, -0.2) is 14.8 Å². The van der Waals surface area contributed by atoms with Crippen molar-refractivity contribution < 1.29 is 19.0 Å². The lowest BCUT2D eigenvalue weighted by Gasteiger charge is -2.31. The van der Waals surface area contributed by atoms with E-state index in [1.54, 1.807) is 23.1 Å². The van der Waals surface area contributed by atoms with E-state index in [1.165, 1.54) is 6.33 Å². The molecule has 1 saturated carbocycles. The smallest absolute Gasteiger partial charge is 0.410 e. The average molecular weight is 471 g/mol. The number of rotatable bonds is 7. The van der Waals surface area contributed by atoms with E-state index in [4.69, 9.17) is 31.1 Å². The molecule has 2 heterocycles. The van der Waals surface area contributed by atoms with Crippen molar-refractivity contribution in [3.05, 3.63) is 40.7 Å². The zero-order valence-electron chi connectivity index (χ0n) is 19.0. The Bertz CT molecular complexity index is 1090. The quantitative estimate of drug-likeness (QED) is 0.562. The topological polar surface area (TPSA) is 97.6 Å². The van der Waals surface area contributed by atoms with Crippen molar-refractivity contribution in [2.45, 2.75) is 46.1 Å². The summed E-state index contributed by atoms with van der Waals surface area (Å²) in [6, 6.07) is 6.89. The molecule has 1 aromatic heterocycles. The Hall–Kier alpha value is -3.05. The van der Waals surface area contributed by atoms with E-state index >= 15 is 0 Å². The highest BCUT2D eigenvalue weighted by Gasteiger charge is 2.58. The molecule has 0 radical (unpaired) electrons. The summed E-state index contributed by atoms with van der Waals surface area (Å²) in [5.74, 6) is 1.70. The van der Waals surface area contributed by atoms with Gasteiger partial charge in [0.15, 0.2) is 0 Å². The number of nitriles is 1. The zero-order valence-corrected chi connectivity index (χ0v) is 19.8. The highest BCUT2D eigenvalue weighted by molar-refractivity contribution is 6.32. The van der Waals surface area contributed by atoms with Gasteiger partial charge in [0.05, 0.1) is 34.9 Å². The largest absolute Gasteiger partial charge is 0.477 e. The minimum atomic E-state index is -0.237. The van der Waals surface area contributed by atoms with Gasteiger partial charge in [0, 0.05) is 18.5 Å². The molecule has 4 rings (SSSR count). The molecule has 1 aliphatic carbocycles. The second kappa shape index (κ2) is 9.44. The first-order chi connectivity index (χ1) is 15.8. The Labute approximate surface area is 198 Å². The van der Waals surface area contributed by atoms with Crippen LogP contribution >= 0.6 is 11.6 Å².